The molecule has 25 heavy (non-hydrogen) atoms. The van der Waals surface area contributed by atoms with Crippen LogP contribution in [0.25, 0.3) is 11.5 Å². The number of hydrogen-bond acceptors (Lipinski definition) is 6. The van der Waals surface area contributed by atoms with Gasteiger partial charge in [0.05, 0.1) is 30.3 Å². The average Bonchev–Trinajstić information content (AvgIpc) is 3.05. The van der Waals surface area contributed by atoms with Crippen LogP contribution in [0.4, 0.5) is 0 Å². The zero-order chi connectivity index (χ0) is 18.2. The van der Waals surface area contributed by atoms with E-state index in [0.717, 1.165) is 0 Å². The first-order chi connectivity index (χ1) is 12.0. The van der Waals surface area contributed by atoms with E-state index in [2.05, 4.69) is 10.2 Å². The summed E-state index contributed by atoms with van der Waals surface area (Å²) in [5, 5.41) is 8.57. The van der Waals surface area contributed by atoms with Crippen molar-refractivity contribution in [2.75, 3.05) is 26.9 Å². The molecule has 0 aliphatic heterocycles. The van der Waals surface area contributed by atoms with E-state index in [0.29, 0.717) is 35.6 Å². The van der Waals surface area contributed by atoms with Crippen LogP contribution in [-0.2, 0) is 20.8 Å². The number of ether oxygens (including phenoxy) is 2. The van der Waals surface area contributed by atoms with Gasteiger partial charge in [-0.3, -0.25) is 4.79 Å². The summed E-state index contributed by atoms with van der Waals surface area (Å²) < 4.78 is 15.8. The summed E-state index contributed by atoms with van der Waals surface area (Å²) in [7, 11) is 1.58. The molecule has 0 unspecified atom stereocenters. The van der Waals surface area contributed by atoms with Crippen molar-refractivity contribution in [1.29, 1.82) is 0 Å². The molecule has 0 bridgehead atoms. The summed E-state index contributed by atoms with van der Waals surface area (Å²) in [4.78, 5) is 14.0. The molecule has 1 aromatic heterocycles. The Morgan fingerprint density at radius 3 is 2.72 bits per heavy atom. The molecule has 0 spiro atoms. The van der Waals surface area contributed by atoms with Crippen LogP contribution in [0.2, 0.25) is 5.02 Å². The Balaban J connectivity index is 2.03. The Kier molecular flexibility index (Phi) is 7.36. The van der Waals surface area contributed by atoms with Crippen LogP contribution in [-0.4, -0.2) is 54.0 Å². The largest absolute Gasteiger partial charge is 0.419 e. The second-order valence-electron chi connectivity index (χ2n) is 5.64. The number of carbonyl (C=O) groups excluding carboxylic acids is 1. The topological polar surface area (TPSA) is 77.7 Å². The van der Waals surface area contributed by atoms with Crippen molar-refractivity contribution in [1.82, 2.24) is 15.1 Å². The highest BCUT2D eigenvalue weighted by molar-refractivity contribution is 6.33. The molecule has 0 aliphatic carbocycles. The minimum Gasteiger partial charge on any atom is -0.419 e. The molecular formula is C17H22ClN3O4. The molecule has 0 fully saturated rings. The van der Waals surface area contributed by atoms with E-state index in [4.69, 9.17) is 25.5 Å². The van der Waals surface area contributed by atoms with E-state index in [1.807, 2.05) is 26.0 Å². The van der Waals surface area contributed by atoms with Gasteiger partial charge in [-0.2, -0.15) is 0 Å². The molecule has 0 saturated carbocycles. The molecule has 136 valence electrons. The molecule has 0 aliphatic rings. The second-order valence-corrected chi connectivity index (χ2v) is 6.05. The second kappa shape index (κ2) is 9.50. The molecular weight excluding hydrogens is 346 g/mol. The van der Waals surface area contributed by atoms with Gasteiger partial charge in [0.1, 0.15) is 6.61 Å². The summed E-state index contributed by atoms with van der Waals surface area (Å²) in [5.41, 5.74) is 0.660. The SMILES string of the molecule is COCCOCC(=O)N(Cc1nnc(-c2ccccc2Cl)o1)C(C)C. The highest BCUT2D eigenvalue weighted by Crippen LogP contribution is 2.26. The molecule has 0 atom stereocenters. The van der Waals surface area contributed by atoms with E-state index >= 15 is 0 Å². The van der Waals surface area contributed by atoms with E-state index < -0.39 is 0 Å². The van der Waals surface area contributed by atoms with Gasteiger partial charge in [0.15, 0.2) is 0 Å². The zero-order valence-electron chi connectivity index (χ0n) is 14.6. The van der Waals surface area contributed by atoms with E-state index in [9.17, 15) is 4.79 Å². The number of aromatic nitrogens is 2. The first-order valence-corrected chi connectivity index (χ1v) is 8.34. The third kappa shape index (κ3) is 5.52. The lowest BCUT2D eigenvalue weighted by Gasteiger charge is -2.25. The van der Waals surface area contributed by atoms with Crippen LogP contribution in [0, 0.1) is 0 Å². The fraction of sp³-hybridized carbons (Fsp3) is 0.471. The molecule has 1 aromatic carbocycles. The maximum Gasteiger partial charge on any atom is 0.249 e. The minimum absolute atomic E-state index is 0.0208. The van der Waals surface area contributed by atoms with Gasteiger partial charge in [-0.25, -0.2) is 0 Å². The van der Waals surface area contributed by atoms with Gasteiger partial charge >= 0.3 is 0 Å². The normalized spacial score (nSPS) is 11.1. The summed E-state index contributed by atoms with van der Waals surface area (Å²) in [5.74, 6) is 0.519. The van der Waals surface area contributed by atoms with Crippen LogP contribution >= 0.6 is 11.6 Å². The van der Waals surface area contributed by atoms with E-state index in [-0.39, 0.29) is 25.1 Å². The molecule has 0 saturated heterocycles. The molecule has 8 heteroatoms. The molecule has 0 radical (unpaired) electrons. The molecule has 7 nitrogen and oxygen atoms in total. The number of carbonyl (C=O) groups is 1. The van der Waals surface area contributed by atoms with Crippen LogP contribution in [0.1, 0.15) is 19.7 Å². The van der Waals surface area contributed by atoms with Crippen LogP contribution < -0.4 is 0 Å². The van der Waals surface area contributed by atoms with Gasteiger partial charge in [0.2, 0.25) is 17.7 Å². The lowest BCUT2D eigenvalue weighted by molar-refractivity contribution is -0.139. The van der Waals surface area contributed by atoms with Crippen molar-refractivity contribution in [3.8, 4) is 11.5 Å². The Morgan fingerprint density at radius 2 is 2.04 bits per heavy atom. The molecule has 1 heterocycles. The molecule has 2 aromatic rings. The standard InChI is InChI=1S/C17H22ClN3O4/c1-12(2)21(16(22)11-24-9-8-23-3)10-15-19-20-17(25-15)13-6-4-5-7-14(13)18/h4-7,12H,8-11H2,1-3H3. The van der Waals surface area contributed by atoms with E-state index in [1.165, 1.54) is 0 Å². The molecule has 0 N–H and O–H groups in total. The fourth-order valence-electron chi connectivity index (χ4n) is 2.15. The number of rotatable bonds is 9. The molecule has 1 amide bonds. The minimum atomic E-state index is -0.149. The summed E-state index contributed by atoms with van der Waals surface area (Å²) >= 11 is 6.14. The number of nitrogens with zero attached hydrogens (tertiary/aromatic N) is 3. The number of methoxy groups -OCH3 is 1. The third-order valence-corrected chi connectivity index (χ3v) is 3.81. The van der Waals surface area contributed by atoms with Crippen molar-refractivity contribution in [2.24, 2.45) is 0 Å². The first-order valence-electron chi connectivity index (χ1n) is 7.96. The molecule has 2 rings (SSSR count). The van der Waals surface area contributed by atoms with Crippen molar-refractivity contribution >= 4 is 17.5 Å². The van der Waals surface area contributed by atoms with Crippen LogP contribution in [0.15, 0.2) is 28.7 Å². The van der Waals surface area contributed by atoms with Gasteiger partial charge in [0.25, 0.3) is 0 Å². The monoisotopic (exact) mass is 367 g/mol. The van der Waals surface area contributed by atoms with Crippen molar-refractivity contribution in [2.45, 2.75) is 26.4 Å². The lowest BCUT2D eigenvalue weighted by atomic mass is 10.2. The van der Waals surface area contributed by atoms with Gasteiger partial charge in [0, 0.05) is 13.2 Å². The first kappa shape index (κ1) is 19.4. The lowest BCUT2D eigenvalue weighted by Crippen LogP contribution is -2.39. The quantitative estimate of drug-likeness (QED) is 0.634. The predicted octanol–water partition coefficient (Wildman–Crippen LogP) is 2.79. The van der Waals surface area contributed by atoms with Crippen molar-refractivity contribution in [3.63, 3.8) is 0 Å². The summed E-state index contributed by atoms with van der Waals surface area (Å²) in [6, 6.07) is 7.18. The maximum absolute atomic E-state index is 12.3. The average molecular weight is 368 g/mol. The van der Waals surface area contributed by atoms with Gasteiger partial charge in [-0.05, 0) is 26.0 Å². The Hall–Kier alpha value is -1.96. The number of halogens is 1. The van der Waals surface area contributed by atoms with Gasteiger partial charge in [-0.15, -0.1) is 10.2 Å². The van der Waals surface area contributed by atoms with E-state index in [1.54, 1.807) is 24.1 Å². The van der Waals surface area contributed by atoms with Gasteiger partial charge in [-0.1, -0.05) is 23.7 Å². The summed E-state index contributed by atoms with van der Waals surface area (Å²) in [6.07, 6.45) is 0. The Morgan fingerprint density at radius 1 is 1.28 bits per heavy atom. The van der Waals surface area contributed by atoms with Crippen LogP contribution in [0.3, 0.4) is 0 Å². The number of hydrogen-bond donors (Lipinski definition) is 0. The van der Waals surface area contributed by atoms with Gasteiger partial charge < -0.3 is 18.8 Å². The Bertz CT molecular complexity index is 690. The zero-order valence-corrected chi connectivity index (χ0v) is 15.3. The predicted molar refractivity (Wildman–Crippen MR) is 93.1 cm³/mol. The third-order valence-electron chi connectivity index (χ3n) is 3.48. The fourth-order valence-corrected chi connectivity index (χ4v) is 2.37. The smallest absolute Gasteiger partial charge is 0.249 e. The Labute approximate surface area is 151 Å². The van der Waals surface area contributed by atoms with Crippen LogP contribution in [0.5, 0.6) is 0 Å². The summed E-state index contributed by atoms with van der Waals surface area (Å²) in [6.45, 7) is 4.83. The van der Waals surface area contributed by atoms with Crippen molar-refractivity contribution in [3.05, 3.63) is 35.2 Å². The van der Waals surface area contributed by atoms with Crippen molar-refractivity contribution < 1.29 is 18.7 Å². The number of amides is 1. The highest BCUT2D eigenvalue weighted by Gasteiger charge is 2.21. The number of benzene rings is 1. The maximum atomic E-state index is 12.3. The highest BCUT2D eigenvalue weighted by atomic mass is 35.5.